The van der Waals surface area contributed by atoms with E-state index in [1.165, 1.54) is 29.5 Å². The minimum atomic E-state index is -0.577. The van der Waals surface area contributed by atoms with E-state index in [0.717, 1.165) is 4.88 Å². The fraction of sp³-hybridized carbons (Fsp3) is 0.188. The molecule has 0 bridgehead atoms. The number of carbonyl (C=O) groups excluding carboxylic acids is 1. The largest absolute Gasteiger partial charge is 0.395 e. The number of hydrogen-bond acceptors (Lipinski definition) is 3. The van der Waals surface area contributed by atoms with Crippen molar-refractivity contribution in [3.8, 4) is 11.8 Å². The van der Waals surface area contributed by atoms with Crippen LogP contribution < -0.4 is 5.32 Å². The van der Waals surface area contributed by atoms with Crippen LogP contribution in [0.3, 0.4) is 0 Å². The third-order valence-electron chi connectivity index (χ3n) is 2.68. The lowest BCUT2D eigenvalue weighted by molar-refractivity contribution is 0.0947. The van der Waals surface area contributed by atoms with Crippen molar-refractivity contribution in [2.75, 3.05) is 6.61 Å². The summed E-state index contributed by atoms with van der Waals surface area (Å²) in [6.45, 7) is 0.346. The SMILES string of the molecule is O=C(NCc1cccs1)c1cc(C#CCCO)ccc1F. The van der Waals surface area contributed by atoms with Crippen LogP contribution in [0.5, 0.6) is 0 Å². The maximum Gasteiger partial charge on any atom is 0.254 e. The van der Waals surface area contributed by atoms with Crippen LogP contribution >= 0.6 is 11.3 Å². The highest BCUT2D eigenvalue weighted by atomic mass is 32.1. The van der Waals surface area contributed by atoms with Crippen LogP contribution in [0.15, 0.2) is 35.7 Å². The number of halogens is 1. The van der Waals surface area contributed by atoms with Gasteiger partial charge in [0.1, 0.15) is 5.82 Å². The molecule has 1 aromatic carbocycles. The number of nitrogens with one attached hydrogen (secondary N) is 1. The van der Waals surface area contributed by atoms with Gasteiger partial charge in [-0.25, -0.2) is 4.39 Å². The molecule has 0 radical (unpaired) electrons. The molecule has 3 nitrogen and oxygen atoms in total. The smallest absolute Gasteiger partial charge is 0.254 e. The Hall–Kier alpha value is -2.16. The minimum Gasteiger partial charge on any atom is -0.395 e. The summed E-state index contributed by atoms with van der Waals surface area (Å²) < 4.78 is 13.7. The van der Waals surface area contributed by atoms with Crippen LogP contribution in [0, 0.1) is 17.7 Å². The molecule has 2 aromatic rings. The number of aliphatic hydroxyl groups is 1. The zero-order chi connectivity index (χ0) is 15.1. The molecular weight excluding hydrogens is 289 g/mol. The number of hydrogen-bond donors (Lipinski definition) is 2. The Labute approximate surface area is 126 Å². The molecule has 0 aliphatic heterocycles. The molecule has 2 rings (SSSR count). The van der Waals surface area contributed by atoms with Gasteiger partial charge in [0.05, 0.1) is 18.7 Å². The fourth-order valence-corrected chi connectivity index (χ4v) is 2.32. The molecule has 1 amide bonds. The summed E-state index contributed by atoms with van der Waals surface area (Å²) in [5.41, 5.74) is 0.522. The van der Waals surface area contributed by atoms with Gasteiger partial charge >= 0.3 is 0 Å². The first-order chi connectivity index (χ1) is 10.2. The predicted octanol–water partition coefficient (Wildman–Crippen LogP) is 2.55. The zero-order valence-corrected chi connectivity index (χ0v) is 12.0. The highest BCUT2D eigenvalue weighted by molar-refractivity contribution is 7.09. The molecule has 0 atom stereocenters. The average molecular weight is 303 g/mol. The average Bonchev–Trinajstić information content (AvgIpc) is 3.00. The van der Waals surface area contributed by atoms with Crippen molar-refractivity contribution in [2.45, 2.75) is 13.0 Å². The second-order valence-electron chi connectivity index (χ2n) is 4.23. The maximum atomic E-state index is 13.7. The Morgan fingerprint density at radius 3 is 2.95 bits per heavy atom. The van der Waals surface area contributed by atoms with Crippen molar-refractivity contribution in [3.63, 3.8) is 0 Å². The number of benzene rings is 1. The Kier molecular flexibility index (Phi) is 5.50. The summed E-state index contributed by atoms with van der Waals surface area (Å²) in [7, 11) is 0. The predicted molar refractivity (Wildman–Crippen MR) is 80.5 cm³/mol. The number of carbonyl (C=O) groups is 1. The molecule has 0 aliphatic rings. The Balaban J connectivity index is 2.09. The van der Waals surface area contributed by atoms with Crippen molar-refractivity contribution in [1.82, 2.24) is 5.32 Å². The molecule has 0 saturated heterocycles. The van der Waals surface area contributed by atoms with E-state index in [9.17, 15) is 9.18 Å². The Morgan fingerprint density at radius 2 is 2.24 bits per heavy atom. The number of thiophene rings is 1. The second kappa shape index (κ2) is 7.58. The van der Waals surface area contributed by atoms with Crippen LogP contribution in [0.1, 0.15) is 27.2 Å². The molecule has 108 valence electrons. The first-order valence-corrected chi connectivity index (χ1v) is 7.28. The van der Waals surface area contributed by atoms with Crippen molar-refractivity contribution >= 4 is 17.2 Å². The molecule has 0 aliphatic carbocycles. The lowest BCUT2D eigenvalue weighted by Crippen LogP contribution is -2.23. The van der Waals surface area contributed by atoms with Crippen LogP contribution in [0.25, 0.3) is 0 Å². The fourth-order valence-electron chi connectivity index (χ4n) is 1.67. The normalized spacial score (nSPS) is 9.81. The monoisotopic (exact) mass is 303 g/mol. The molecule has 5 heteroatoms. The van der Waals surface area contributed by atoms with Crippen molar-refractivity contribution < 1.29 is 14.3 Å². The van der Waals surface area contributed by atoms with E-state index in [1.54, 1.807) is 0 Å². The van der Waals surface area contributed by atoms with E-state index in [4.69, 9.17) is 5.11 Å². The molecule has 1 aromatic heterocycles. The first kappa shape index (κ1) is 15.2. The van der Waals surface area contributed by atoms with Gasteiger partial charge in [0.2, 0.25) is 0 Å². The molecule has 0 unspecified atom stereocenters. The molecular formula is C16H14FNO2S. The third kappa shape index (κ3) is 4.42. The standard InChI is InChI=1S/C16H14FNO2S/c17-15-7-6-12(4-1-2-8-19)10-14(15)16(20)18-11-13-5-3-9-21-13/h3,5-7,9-10,19H,2,8,11H2,(H,18,20). The summed E-state index contributed by atoms with van der Waals surface area (Å²) in [5, 5.41) is 13.3. The number of rotatable bonds is 4. The molecule has 0 spiro atoms. The summed E-state index contributed by atoms with van der Waals surface area (Å²) in [6.07, 6.45) is 0.345. The van der Waals surface area contributed by atoms with Gasteiger partial charge in [-0.15, -0.1) is 11.3 Å². The van der Waals surface area contributed by atoms with E-state index in [1.807, 2.05) is 17.5 Å². The molecule has 0 saturated carbocycles. The topological polar surface area (TPSA) is 49.3 Å². The van der Waals surface area contributed by atoms with Gasteiger partial charge in [-0.2, -0.15) is 0 Å². The molecule has 21 heavy (non-hydrogen) atoms. The van der Waals surface area contributed by atoms with Crippen LogP contribution in [-0.4, -0.2) is 17.6 Å². The van der Waals surface area contributed by atoms with E-state index in [-0.39, 0.29) is 12.2 Å². The van der Waals surface area contributed by atoms with Crippen molar-refractivity contribution in [2.24, 2.45) is 0 Å². The van der Waals surface area contributed by atoms with E-state index in [2.05, 4.69) is 17.2 Å². The highest BCUT2D eigenvalue weighted by Gasteiger charge is 2.12. The van der Waals surface area contributed by atoms with Crippen LogP contribution in [0.2, 0.25) is 0 Å². The lowest BCUT2D eigenvalue weighted by atomic mass is 10.1. The van der Waals surface area contributed by atoms with Crippen LogP contribution in [-0.2, 0) is 6.54 Å². The minimum absolute atomic E-state index is 0.0254. The quantitative estimate of drug-likeness (QED) is 0.853. The summed E-state index contributed by atoms with van der Waals surface area (Å²) in [6, 6.07) is 7.95. The van der Waals surface area contributed by atoms with Gasteiger partial charge in [0.15, 0.2) is 0 Å². The van der Waals surface area contributed by atoms with Crippen molar-refractivity contribution in [1.29, 1.82) is 0 Å². The summed E-state index contributed by atoms with van der Waals surface area (Å²) >= 11 is 1.53. The van der Waals surface area contributed by atoms with Gasteiger partial charge in [-0.1, -0.05) is 17.9 Å². The lowest BCUT2D eigenvalue weighted by Gasteiger charge is -2.05. The summed E-state index contributed by atoms with van der Waals surface area (Å²) in [4.78, 5) is 13.0. The van der Waals surface area contributed by atoms with Gasteiger partial charge in [0, 0.05) is 16.9 Å². The first-order valence-electron chi connectivity index (χ1n) is 6.40. The van der Waals surface area contributed by atoms with Gasteiger partial charge < -0.3 is 10.4 Å². The number of amides is 1. The zero-order valence-electron chi connectivity index (χ0n) is 11.2. The third-order valence-corrected chi connectivity index (χ3v) is 3.56. The van der Waals surface area contributed by atoms with Gasteiger partial charge in [0.25, 0.3) is 5.91 Å². The summed E-state index contributed by atoms with van der Waals surface area (Å²) in [5.74, 6) is 4.48. The van der Waals surface area contributed by atoms with Crippen molar-refractivity contribution in [3.05, 3.63) is 57.5 Å². The van der Waals surface area contributed by atoms with Gasteiger partial charge in [-0.3, -0.25) is 4.79 Å². The van der Waals surface area contributed by atoms with E-state index in [0.29, 0.717) is 18.5 Å². The number of aliphatic hydroxyl groups excluding tert-OH is 1. The Bertz CT molecular complexity index is 671. The molecule has 0 fully saturated rings. The van der Waals surface area contributed by atoms with E-state index < -0.39 is 11.7 Å². The second-order valence-corrected chi connectivity index (χ2v) is 5.26. The Morgan fingerprint density at radius 1 is 1.38 bits per heavy atom. The highest BCUT2D eigenvalue weighted by Crippen LogP contribution is 2.12. The maximum absolute atomic E-state index is 13.7. The van der Waals surface area contributed by atoms with Gasteiger partial charge in [-0.05, 0) is 29.6 Å². The molecule has 1 heterocycles. The molecule has 2 N–H and O–H groups in total. The van der Waals surface area contributed by atoms with E-state index >= 15 is 0 Å². The van der Waals surface area contributed by atoms with Crippen LogP contribution in [0.4, 0.5) is 4.39 Å².